The van der Waals surface area contributed by atoms with E-state index in [1.807, 2.05) is 11.8 Å². The lowest BCUT2D eigenvalue weighted by Gasteiger charge is -2.39. The number of nitrogens with zero attached hydrogens (tertiary/aromatic N) is 2. The second-order valence-corrected chi connectivity index (χ2v) is 7.00. The Bertz CT molecular complexity index is 596. The summed E-state index contributed by atoms with van der Waals surface area (Å²) in [5.74, 6) is -0.829. The quantitative estimate of drug-likeness (QED) is 0.886. The summed E-state index contributed by atoms with van der Waals surface area (Å²) in [4.78, 5) is 16.6. The molecular formula is C19H27F2N3O. The minimum absolute atomic E-state index is 0.0747. The highest BCUT2D eigenvalue weighted by Crippen LogP contribution is 2.28. The van der Waals surface area contributed by atoms with Gasteiger partial charge in [-0.15, -0.1) is 0 Å². The van der Waals surface area contributed by atoms with Crippen molar-refractivity contribution in [1.29, 1.82) is 0 Å². The van der Waals surface area contributed by atoms with Crippen molar-refractivity contribution in [2.24, 2.45) is 0 Å². The van der Waals surface area contributed by atoms with E-state index < -0.39 is 11.6 Å². The molecule has 138 valence electrons. The van der Waals surface area contributed by atoms with Crippen LogP contribution in [-0.4, -0.2) is 54.5 Å². The average molecular weight is 351 g/mol. The molecule has 0 aliphatic carbocycles. The molecule has 4 nitrogen and oxygen atoms in total. The van der Waals surface area contributed by atoms with Gasteiger partial charge in [-0.2, -0.15) is 0 Å². The maximum Gasteiger partial charge on any atom is 0.224 e. The molecule has 2 atom stereocenters. The first kappa shape index (κ1) is 18.3. The zero-order chi connectivity index (χ0) is 17.8. The molecule has 0 saturated carbocycles. The SMILES string of the molecule is CCC(c1ccc(F)cc1F)N1CCN(C(=O)CC2CCCN2)CC1. The lowest BCUT2D eigenvalue weighted by Crippen LogP contribution is -2.50. The fraction of sp³-hybridized carbons (Fsp3) is 0.632. The summed E-state index contributed by atoms with van der Waals surface area (Å²) in [7, 11) is 0. The van der Waals surface area contributed by atoms with Crippen LogP contribution in [0.2, 0.25) is 0 Å². The average Bonchev–Trinajstić information content (AvgIpc) is 3.11. The first-order valence-corrected chi connectivity index (χ1v) is 9.28. The largest absolute Gasteiger partial charge is 0.340 e. The molecule has 0 aromatic heterocycles. The minimum atomic E-state index is -0.549. The molecule has 0 radical (unpaired) electrons. The molecule has 1 aromatic rings. The summed E-state index contributed by atoms with van der Waals surface area (Å²) >= 11 is 0. The van der Waals surface area contributed by atoms with E-state index in [9.17, 15) is 13.6 Å². The number of carbonyl (C=O) groups excluding carboxylic acids is 1. The first-order chi connectivity index (χ1) is 12.1. The molecule has 1 aromatic carbocycles. The van der Waals surface area contributed by atoms with Crippen LogP contribution in [0.15, 0.2) is 18.2 Å². The van der Waals surface area contributed by atoms with Gasteiger partial charge >= 0.3 is 0 Å². The van der Waals surface area contributed by atoms with Gasteiger partial charge in [0.2, 0.25) is 5.91 Å². The number of halogens is 2. The number of hydrogen-bond donors (Lipinski definition) is 1. The summed E-state index contributed by atoms with van der Waals surface area (Å²) in [6.07, 6.45) is 3.55. The van der Waals surface area contributed by atoms with Crippen molar-refractivity contribution < 1.29 is 13.6 Å². The number of benzene rings is 1. The van der Waals surface area contributed by atoms with Crippen molar-refractivity contribution >= 4 is 5.91 Å². The van der Waals surface area contributed by atoms with Crippen LogP contribution in [0, 0.1) is 11.6 Å². The zero-order valence-corrected chi connectivity index (χ0v) is 14.8. The second kappa shape index (κ2) is 8.23. The molecule has 0 bridgehead atoms. The Morgan fingerprint density at radius 3 is 2.64 bits per heavy atom. The summed E-state index contributed by atoms with van der Waals surface area (Å²) in [5, 5.41) is 3.36. The summed E-state index contributed by atoms with van der Waals surface area (Å²) in [6.45, 7) is 5.80. The lowest BCUT2D eigenvalue weighted by atomic mass is 10.0. The molecule has 25 heavy (non-hydrogen) atoms. The van der Waals surface area contributed by atoms with Gasteiger partial charge in [-0.05, 0) is 31.9 Å². The zero-order valence-electron chi connectivity index (χ0n) is 14.8. The van der Waals surface area contributed by atoms with E-state index in [2.05, 4.69) is 10.2 Å². The Morgan fingerprint density at radius 1 is 1.28 bits per heavy atom. The number of piperazine rings is 1. The molecule has 1 amide bonds. The second-order valence-electron chi connectivity index (χ2n) is 7.00. The highest BCUT2D eigenvalue weighted by molar-refractivity contribution is 5.77. The molecule has 2 aliphatic rings. The van der Waals surface area contributed by atoms with Gasteiger partial charge in [0.05, 0.1) is 0 Å². The highest BCUT2D eigenvalue weighted by Gasteiger charge is 2.29. The molecule has 6 heteroatoms. The fourth-order valence-corrected chi connectivity index (χ4v) is 4.00. The van der Waals surface area contributed by atoms with E-state index in [-0.39, 0.29) is 11.9 Å². The van der Waals surface area contributed by atoms with Gasteiger partial charge in [0.15, 0.2) is 0 Å². The molecule has 2 aliphatic heterocycles. The number of rotatable bonds is 5. The van der Waals surface area contributed by atoms with Gasteiger partial charge in [-0.3, -0.25) is 9.69 Å². The number of carbonyl (C=O) groups is 1. The van der Waals surface area contributed by atoms with Crippen molar-refractivity contribution in [1.82, 2.24) is 15.1 Å². The molecule has 2 unspecified atom stereocenters. The van der Waals surface area contributed by atoms with Gasteiger partial charge in [0.25, 0.3) is 0 Å². The highest BCUT2D eigenvalue weighted by atomic mass is 19.1. The van der Waals surface area contributed by atoms with E-state index in [0.717, 1.165) is 45.0 Å². The summed E-state index contributed by atoms with van der Waals surface area (Å²) in [6, 6.07) is 4.06. The van der Waals surface area contributed by atoms with Gasteiger partial charge in [0, 0.05) is 56.3 Å². The van der Waals surface area contributed by atoms with E-state index >= 15 is 0 Å². The van der Waals surface area contributed by atoms with Crippen LogP contribution in [0.4, 0.5) is 8.78 Å². The van der Waals surface area contributed by atoms with Gasteiger partial charge < -0.3 is 10.2 Å². The predicted octanol–water partition coefficient (Wildman–Crippen LogP) is 2.70. The number of hydrogen-bond acceptors (Lipinski definition) is 3. The van der Waals surface area contributed by atoms with Crippen LogP contribution in [0.3, 0.4) is 0 Å². The van der Waals surface area contributed by atoms with Crippen LogP contribution in [0.5, 0.6) is 0 Å². The van der Waals surface area contributed by atoms with Crippen LogP contribution in [0.25, 0.3) is 0 Å². The third kappa shape index (κ3) is 4.36. The topological polar surface area (TPSA) is 35.6 Å². The molecule has 3 rings (SSSR count). The summed E-state index contributed by atoms with van der Waals surface area (Å²) < 4.78 is 27.3. The molecular weight excluding hydrogens is 324 g/mol. The maximum absolute atomic E-state index is 14.1. The van der Waals surface area contributed by atoms with Gasteiger partial charge in [-0.1, -0.05) is 13.0 Å². The van der Waals surface area contributed by atoms with Gasteiger partial charge in [-0.25, -0.2) is 8.78 Å². The Kier molecular flexibility index (Phi) is 6.02. The third-order valence-electron chi connectivity index (χ3n) is 5.40. The van der Waals surface area contributed by atoms with Crippen LogP contribution >= 0.6 is 0 Å². The Labute approximate surface area is 148 Å². The Morgan fingerprint density at radius 2 is 2.04 bits per heavy atom. The molecule has 1 N–H and O–H groups in total. The fourth-order valence-electron chi connectivity index (χ4n) is 4.00. The van der Waals surface area contributed by atoms with Crippen LogP contribution < -0.4 is 5.32 Å². The van der Waals surface area contributed by atoms with Gasteiger partial charge in [0.1, 0.15) is 11.6 Å². The summed E-state index contributed by atoms with van der Waals surface area (Å²) in [5.41, 5.74) is 0.541. The number of nitrogens with one attached hydrogen (secondary N) is 1. The predicted molar refractivity (Wildman–Crippen MR) is 93.2 cm³/mol. The lowest BCUT2D eigenvalue weighted by molar-refractivity contribution is -0.133. The van der Waals surface area contributed by atoms with E-state index in [4.69, 9.17) is 0 Å². The first-order valence-electron chi connectivity index (χ1n) is 9.28. The van der Waals surface area contributed by atoms with E-state index in [1.54, 1.807) is 6.07 Å². The molecule has 2 heterocycles. The van der Waals surface area contributed by atoms with Crippen LogP contribution in [0.1, 0.15) is 44.2 Å². The van der Waals surface area contributed by atoms with E-state index in [0.29, 0.717) is 31.1 Å². The standard InChI is InChI=1S/C19H27F2N3O/c1-2-18(16-6-5-14(20)12-17(16)21)23-8-10-24(11-9-23)19(25)13-15-4-3-7-22-15/h5-6,12,15,18,22H,2-4,7-11,13H2,1H3. The van der Waals surface area contributed by atoms with Crippen molar-refractivity contribution in [3.63, 3.8) is 0 Å². The molecule has 2 saturated heterocycles. The third-order valence-corrected chi connectivity index (χ3v) is 5.40. The number of amides is 1. The molecule has 2 fully saturated rings. The monoisotopic (exact) mass is 351 g/mol. The Balaban J connectivity index is 1.57. The van der Waals surface area contributed by atoms with E-state index in [1.165, 1.54) is 6.07 Å². The van der Waals surface area contributed by atoms with Crippen molar-refractivity contribution in [3.8, 4) is 0 Å². The maximum atomic E-state index is 14.1. The van der Waals surface area contributed by atoms with Crippen molar-refractivity contribution in [2.45, 2.75) is 44.7 Å². The minimum Gasteiger partial charge on any atom is -0.340 e. The smallest absolute Gasteiger partial charge is 0.224 e. The Hall–Kier alpha value is -1.53. The normalized spacial score (nSPS) is 23.0. The van der Waals surface area contributed by atoms with Crippen molar-refractivity contribution in [2.75, 3.05) is 32.7 Å². The van der Waals surface area contributed by atoms with Crippen LogP contribution in [-0.2, 0) is 4.79 Å². The van der Waals surface area contributed by atoms with Crippen molar-refractivity contribution in [3.05, 3.63) is 35.4 Å². The molecule has 0 spiro atoms.